The number of hydrazone groups is 1. The Morgan fingerprint density at radius 2 is 1.91 bits per heavy atom. The number of likely N-dealkylation sites (N-methyl/N-ethyl adjacent to an activating group) is 1. The summed E-state index contributed by atoms with van der Waals surface area (Å²) in [5.74, 6) is -0.425. The number of carbonyl (C=O) groups excluding carboxylic acids is 1. The number of anilines is 1. The van der Waals surface area contributed by atoms with Crippen LogP contribution in [-0.4, -0.2) is 72.9 Å². The minimum atomic E-state index is -0.840. The molecule has 4 rings (SSSR count). The van der Waals surface area contributed by atoms with Gasteiger partial charge in [-0.3, -0.25) is 14.6 Å². The van der Waals surface area contributed by atoms with Crippen LogP contribution < -0.4 is 10.1 Å². The number of carboxylic acids is 1. The van der Waals surface area contributed by atoms with E-state index in [0.29, 0.717) is 30.0 Å². The first-order chi connectivity index (χ1) is 15.5. The van der Waals surface area contributed by atoms with Gasteiger partial charge in [0.25, 0.3) is 5.91 Å². The number of ether oxygens (including phenoxy) is 1. The van der Waals surface area contributed by atoms with Gasteiger partial charge in [0.1, 0.15) is 5.75 Å². The summed E-state index contributed by atoms with van der Waals surface area (Å²) < 4.78 is 5.66. The van der Waals surface area contributed by atoms with Crippen LogP contribution in [0, 0.1) is 5.92 Å². The third kappa shape index (κ3) is 5.64. The van der Waals surface area contributed by atoms with Gasteiger partial charge < -0.3 is 20.1 Å². The lowest BCUT2D eigenvalue weighted by Gasteiger charge is -2.30. The monoisotopic (exact) mass is 436 g/mol. The second-order valence-corrected chi connectivity index (χ2v) is 8.38. The van der Waals surface area contributed by atoms with Gasteiger partial charge in [0, 0.05) is 43.3 Å². The molecule has 0 aromatic heterocycles. The van der Waals surface area contributed by atoms with Crippen molar-refractivity contribution in [2.75, 3.05) is 45.2 Å². The van der Waals surface area contributed by atoms with Crippen LogP contribution in [0.25, 0.3) is 0 Å². The summed E-state index contributed by atoms with van der Waals surface area (Å²) in [5.41, 5.74) is 3.05. The number of carbonyl (C=O) groups is 2. The molecule has 1 atom stereocenters. The molecule has 2 aliphatic rings. The highest BCUT2D eigenvalue weighted by molar-refractivity contribution is 6.04. The summed E-state index contributed by atoms with van der Waals surface area (Å²) in [6, 6.07) is 12.8. The third-order valence-corrected chi connectivity index (χ3v) is 5.79. The van der Waals surface area contributed by atoms with Crippen molar-refractivity contribution in [2.24, 2.45) is 11.0 Å². The second kappa shape index (κ2) is 9.82. The van der Waals surface area contributed by atoms with Crippen LogP contribution in [0.5, 0.6) is 5.75 Å². The number of nitrogens with zero attached hydrogens (tertiary/aromatic N) is 3. The van der Waals surface area contributed by atoms with Gasteiger partial charge in [0.2, 0.25) is 0 Å². The highest BCUT2D eigenvalue weighted by Crippen LogP contribution is 2.29. The molecule has 2 aromatic carbocycles. The minimum absolute atomic E-state index is 0.0559. The Hall–Kier alpha value is -3.39. The van der Waals surface area contributed by atoms with E-state index >= 15 is 0 Å². The van der Waals surface area contributed by atoms with Gasteiger partial charge in [0.15, 0.2) is 0 Å². The summed E-state index contributed by atoms with van der Waals surface area (Å²) in [6.45, 7) is 4.25. The Kier molecular flexibility index (Phi) is 6.70. The first-order valence-corrected chi connectivity index (χ1v) is 10.8. The van der Waals surface area contributed by atoms with Gasteiger partial charge in [-0.2, -0.15) is 5.10 Å². The first kappa shape index (κ1) is 21.8. The van der Waals surface area contributed by atoms with Crippen molar-refractivity contribution < 1.29 is 19.4 Å². The van der Waals surface area contributed by atoms with E-state index in [1.54, 1.807) is 18.2 Å². The van der Waals surface area contributed by atoms with Crippen molar-refractivity contribution in [1.82, 2.24) is 9.91 Å². The van der Waals surface area contributed by atoms with Crippen molar-refractivity contribution in [1.29, 1.82) is 0 Å². The van der Waals surface area contributed by atoms with E-state index in [0.717, 1.165) is 37.3 Å². The Morgan fingerprint density at radius 1 is 1.16 bits per heavy atom. The molecule has 8 heteroatoms. The molecule has 1 unspecified atom stereocenters. The van der Waals surface area contributed by atoms with E-state index in [9.17, 15) is 9.59 Å². The first-order valence-electron chi connectivity index (χ1n) is 10.8. The van der Waals surface area contributed by atoms with E-state index in [-0.39, 0.29) is 18.2 Å². The highest BCUT2D eigenvalue weighted by atomic mass is 16.5. The fourth-order valence-corrected chi connectivity index (χ4v) is 3.89. The lowest BCUT2D eigenvalue weighted by Crippen LogP contribution is -2.41. The quantitative estimate of drug-likeness (QED) is 0.676. The van der Waals surface area contributed by atoms with Gasteiger partial charge in [0.05, 0.1) is 19.2 Å². The topological polar surface area (TPSA) is 94.5 Å². The predicted molar refractivity (Wildman–Crippen MR) is 122 cm³/mol. The van der Waals surface area contributed by atoms with E-state index in [2.05, 4.69) is 27.4 Å². The maximum atomic E-state index is 12.7. The lowest BCUT2D eigenvalue weighted by molar-refractivity contribution is -0.138. The lowest BCUT2D eigenvalue weighted by atomic mass is 9.93. The number of fused-ring (bicyclic) bond motifs is 1. The number of piperazine rings is 1. The standard InChI is InChI=1S/C24H28N4O4/c1-27-8-10-28(11-9-27)25-15-17-2-5-21(6-3-17)26-24(31)19-4-7-22-20(14-19)12-18(16-32-22)13-23(29)30/h2-7,14-15,18H,8-13,16H2,1H3,(H,26,31)(H,29,30). The fourth-order valence-electron chi connectivity index (χ4n) is 3.89. The second-order valence-electron chi connectivity index (χ2n) is 8.38. The van der Waals surface area contributed by atoms with Crippen molar-refractivity contribution in [3.8, 4) is 5.75 Å². The Morgan fingerprint density at radius 3 is 2.62 bits per heavy atom. The van der Waals surface area contributed by atoms with Crippen LogP contribution in [0.15, 0.2) is 47.6 Å². The van der Waals surface area contributed by atoms with Gasteiger partial charge in [-0.25, -0.2) is 0 Å². The maximum absolute atomic E-state index is 12.7. The predicted octanol–water partition coefficient (Wildman–Crippen LogP) is 2.55. The molecule has 2 aliphatic heterocycles. The SMILES string of the molecule is CN1CCN(N=Cc2ccc(NC(=O)c3ccc4c(c3)CC(CC(=O)O)CO4)cc2)CC1. The van der Waals surface area contributed by atoms with Crippen molar-refractivity contribution in [2.45, 2.75) is 12.8 Å². The molecule has 32 heavy (non-hydrogen) atoms. The molecule has 0 saturated carbocycles. The molecule has 1 fully saturated rings. The zero-order valence-electron chi connectivity index (χ0n) is 18.2. The van der Waals surface area contributed by atoms with E-state index in [1.165, 1.54) is 0 Å². The smallest absolute Gasteiger partial charge is 0.303 e. The number of aliphatic carboxylic acids is 1. The van der Waals surface area contributed by atoms with Crippen LogP contribution in [0.2, 0.25) is 0 Å². The van der Waals surface area contributed by atoms with Gasteiger partial charge >= 0.3 is 5.97 Å². The molecule has 8 nitrogen and oxygen atoms in total. The van der Waals surface area contributed by atoms with Gasteiger partial charge in [-0.1, -0.05) is 12.1 Å². The van der Waals surface area contributed by atoms with Crippen molar-refractivity contribution >= 4 is 23.8 Å². The average Bonchev–Trinajstić information content (AvgIpc) is 2.79. The number of hydrogen-bond acceptors (Lipinski definition) is 6. The molecule has 1 saturated heterocycles. The van der Waals surface area contributed by atoms with Crippen LogP contribution in [0.3, 0.4) is 0 Å². The van der Waals surface area contributed by atoms with Crippen LogP contribution in [0.4, 0.5) is 5.69 Å². The van der Waals surface area contributed by atoms with Gasteiger partial charge in [-0.05, 0) is 54.9 Å². The molecule has 0 radical (unpaired) electrons. The Labute approximate surface area is 187 Å². The number of benzene rings is 2. The fraction of sp³-hybridized carbons (Fsp3) is 0.375. The zero-order chi connectivity index (χ0) is 22.5. The highest BCUT2D eigenvalue weighted by Gasteiger charge is 2.23. The molecule has 1 amide bonds. The summed E-state index contributed by atoms with van der Waals surface area (Å²) in [7, 11) is 2.11. The number of nitrogens with one attached hydrogen (secondary N) is 1. The summed E-state index contributed by atoms with van der Waals surface area (Å²) in [4.78, 5) is 26.0. The Bertz CT molecular complexity index is 998. The molecular formula is C24H28N4O4. The average molecular weight is 437 g/mol. The van der Waals surface area contributed by atoms with Gasteiger partial charge in [-0.15, -0.1) is 0 Å². The summed E-state index contributed by atoms with van der Waals surface area (Å²) in [5, 5.41) is 18.5. The van der Waals surface area contributed by atoms with Crippen molar-refractivity contribution in [3.63, 3.8) is 0 Å². The molecule has 0 spiro atoms. The van der Waals surface area contributed by atoms with Crippen LogP contribution in [-0.2, 0) is 11.2 Å². The number of carboxylic acid groups (broad SMARTS) is 1. The van der Waals surface area contributed by atoms with E-state index in [1.807, 2.05) is 30.5 Å². The van der Waals surface area contributed by atoms with Crippen LogP contribution >= 0.6 is 0 Å². The molecule has 0 aliphatic carbocycles. The normalized spacial score (nSPS) is 18.8. The zero-order valence-corrected chi connectivity index (χ0v) is 18.2. The number of hydrogen-bond donors (Lipinski definition) is 2. The molecule has 2 aromatic rings. The number of amides is 1. The molecule has 2 heterocycles. The third-order valence-electron chi connectivity index (χ3n) is 5.79. The Balaban J connectivity index is 1.35. The van der Waals surface area contributed by atoms with E-state index < -0.39 is 5.97 Å². The largest absolute Gasteiger partial charge is 0.493 e. The van der Waals surface area contributed by atoms with Crippen LogP contribution in [0.1, 0.15) is 27.9 Å². The molecule has 0 bridgehead atoms. The maximum Gasteiger partial charge on any atom is 0.303 e. The van der Waals surface area contributed by atoms with E-state index in [4.69, 9.17) is 9.84 Å². The molecule has 2 N–H and O–H groups in total. The van der Waals surface area contributed by atoms with Crippen molar-refractivity contribution in [3.05, 3.63) is 59.2 Å². The summed E-state index contributed by atoms with van der Waals surface area (Å²) >= 11 is 0. The molecule has 168 valence electrons. The number of rotatable bonds is 6. The minimum Gasteiger partial charge on any atom is -0.493 e. The molecular weight excluding hydrogens is 408 g/mol. The summed E-state index contributed by atoms with van der Waals surface area (Å²) in [6.07, 6.45) is 2.48.